The number of likely N-dealkylation sites (N-methyl/N-ethyl adjacent to an activating group) is 1. The smallest absolute Gasteiger partial charge is 0.380 e. The largest absolute Gasteiger partial charge is 0.416 e. The molecule has 1 rings (SSSR count). The van der Waals surface area contributed by atoms with Crippen molar-refractivity contribution in [3.05, 3.63) is 29.3 Å². The molecule has 20 heavy (non-hydrogen) atoms. The molecule has 0 aliphatic carbocycles. The lowest BCUT2D eigenvalue weighted by molar-refractivity contribution is -0.137. The van der Waals surface area contributed by atoms with E-state index in [-0.39, 0.29) is 5.56 Å². The van der Waals surface area contributed by atoms with Crippen LogP contribution < -0.4 is 4.90 Å². The molecule has 0 fully saturated rings. The van der Waals surface area contributed by atoms with E-state index in [1.807, 2.05) is 24.8 Å². The Bertz CT molecular complexity index is 480. The third kappa shape index (κ3) is 4.14. The highest BCUT2D eigenvalue weighted by Crippen LogP contribution is 2.32. The summed E-state index contributed by atoms with van der Waals surface area (Å²) in [5.74, 6) is 0. The van der Waals surface area contributed by atoms with Crippen molar-refractivity contribution in [2.24, 2.45) is 0 Å². The predicted molar refractivity (Wildman–Crippen MR) is 70.5 cm³/mol. The second-order valence-corrected chi connectivity index (χ2v) is 4.12. The lowest BCUT2D eigenvalue weighted by Crippen LogP contribution is -2.28. The van der Waals surface area contributed by atoms with Gasteiger partial charge in [-0.05, 0) is 32.0 Å². The number of alkyl halides is 3. The van der Waals surface area contributed by atoms with Crippen LogP contribution in [0.3, 0.4) is 0 Å². The average molecular weight is 286 g/mol. The number of ether oxygens (including phenoxy) is 1. The number of hydrogen-bond donors (Lipinski definition) is 0. The minimum atomic E-state index is -4.44. The fourth-order valence-electron chi connectivity index (χ4n) is 1.85. The maximum atomic E-state index is 12.6. The minimum Gasteiger partial charge on any atom is -0.380 e. The number of anilines is 1. The van der Waals surface area contributed by atoms with Crippen LogP contribution in [-0.2, 0) is 10.9 Å². The van der Waals surface area contributed by atoms with Gasteiger partial charge in [-0.1, -0.05) is 0 Å². The fourth-order valence-corrected chi connectivity index (χ4v) is 1.85. The van der Waals surface area contributed by atoms with E-state index in [1.54, 1.807) is 0 Å². The third-order valence-corrected chi connectivity index (χ3v) is 2.88. The van der Waals surface area contributed by atoms with Crippen molar-refractivity contribution in [1.29, 1.82) is 5.26 Å². The molecule has 3 nitrogen and oxygen atoms in total. The molecule has 0 saturated carbocycles. The zero-order valence-electron chi connectivity index (χ0n) is 11.5. The molecule has 0 N–H and O–H groups in total. The van der Waals surface area contributed by atoms with Gasteiger partial charge < -0.3 is 9.64 Å². The Balaban J connectivity index is 3.02. The van der Waals surface area contributed by atoms with E-state index in [0.717, 1.165) is 12.1 Å². The highest BCUT2D eigenvalue weighted by atomic mass is 19.4. The van der Waals surface area contributed by atoms with E-state index in [1.165, 1.54) is 6.07 Å². The second-order valence-electron chi connectivity index (χ2n) is 4.12. The molecule has 0 atom stereocenters. The standard InChI is InChI=1S/C14H17F3N2O/c1-3-19(7-8-20-4-2)13-6-5-12(14(15,16)17)9-11(13)10-18/h5-6,9H,3-4,7-8H2,1-2H3. The second kappa shape index (κ2) is 7.15. The van der Waals surface area contributed by atoms with E-state index in [0.29, 0.717) is 32.0 Å². The average Bonchev–Trinajstić information content (AvgIpc) is 2.42. The van der Waals surface area contributed by atoms with Crippen LogP contribution in [0.15, 0.2) is 18.2 Å². The SMILES string of the molecule is CCOCCN(CC)c1ccc(C(F)(F)F)cc1C#N. The van der Waals surface area contributed by atoms with Crippen molar-refractivity contribution >= 4 is 5.69 Å². The van der Waals surface area contributed by atoms with Gasteiger partial charge in [-0.15, -0.1) is 0 Å². The van der Waals surface area contributed by atoms with Gasteiger partial charge in [0.15, 0.2) is 0 Å². The quantitative estimate of drug-likeness (QED) is 0.752. The number of halogens is 3. The molecule has 0 unspecified atom stereocenters. The van der Waals surface area contributed by atoms with Crippen LogP contribution in [0, 0.1) is 11.3 Å². The first-order valence-corrected chi connectivity index (χ1v) is 6.38. The molecule has 0 aromatic heterocycles. The molecule has 110 valence electrons. The molecule has 6 heteroatoms. The zero-order chi connectivity index (χ0) is 15.2. The molecule has 0 aliphatic rings. The van der Waals surface area contributed by atoms with Crippen LogP contribution >= 0.6 is 0 Å². The van der Waals surface area contributed by atoms with Crippen LogP contribution in [0.5, 0.6) is 0 Å². The molecule has 0 radical (unpaired) electrons. The van der Waals surface area contributed by atoms with Gasteiger partial charge in [0.2, 0.25) is 0 Å². The molecule has 0 bridgehead atoms. The number of rotatable bonds is 6. The van der Waals surface area contributed by atoms with Gasteiger partial charge in [0.05, 0.1) is 23.4 Å². The lowest BCUT2D eigenvalue weighted by atomic mass is 10.1. The summed E-state index contributed by atoms with van der Waals surface area (Å²) in [5.41, 5.74) is -0.278. The molecular weight excluding hydrogens is 269 g/mol. The summed E-state index contributed by atoms with van der Waals surface area (Å²) in [7, 11) is 0. The van der Waals surface area contributed by atoms with Crippen molar-refractivity contribution in [2.45, 2.75) is 20.0 Å². The normalized spacial score (nSPS) is 11.2. The van der Waals surface area contributed by atoms with Gasteiger partial charge in [0.25, 0.3) is 0 Å². The maximum Gasteiger partial charge on any atom is 0.416 e. The third-order valence-electron chi connectivity index (χ3n) is 2.88. The Kier molecular flexibility index (Phi) is 5.83. The first kappa shape index (κ1) is 16.3. The molecule has 0 amide bonds. The van der Waals surface area contributed by atoms with Crippen LogP contribution in [0.1, 0.15) is 25.0 Å². The highest BCUT2D eigenvalue weighted by Gasteiger charge is 2.31. The van der Waals surface area contributed by atoms with Gasteiger partial charge in [-0.25, -0.2) is 0 Å². The summed E-state index contributed by atoms with van der Waals surface area (Å²) in [4.78, 5) is 1.83. The van der Waals surface area contributed by atoms with E-state index >= 15 is 0 Å². The summed E-state index contributed by atoms with van der Waals surface area (Å²) in [6.07, 6.45) is -4.44. The van der Waals surface area contributed by atoms with Crippen LogP contribution in [0.4, 0.5) is 18.9 Å². The van der Waals surface area contributed by atoms with Crippen molar-refractivity contribution in [2.75, 3.05) is 31.2 Å². The fraction of sp³-hybridized carbons (Fsp3) is 0.500. The molecular formula is C14H17F3N2O. The lowest BCUT2D eigenvalue weighted by Gasteiger charge is -2.24. The van der Waals surface area contributed by atoms with Crippen molar-refractivity contribution in [3.8, 4) is 6.07 Å². The zero-order valence-corrected chi connectivity index (χ0v) is 11.5. The van der Waals surface area contributed by atoms with Gasteiger partial charge in [0, 0.05) is 19.7 Å². The summed E-state index contributed by atoms with van der Waals surface area (Å²) >= 11 is 0. The molecule has 0 heterocycles. The van der Waals surface area contributed by atoms with Crippen molar-refractivity contribution in [3.63, 3.8) is 0 Å². The summed E-state index contributed by atoms with van der Waals surface area (Å²) in [6, 6.07) is 5.06. The Hall–Kier alpha value is -1.74. The Morgan fingerprint density at radius 2 is 2.00 bits per heavy atom. The highest BCUT2D eigenvalue weighted by molar-refractivity contribution is 5.60. The van der Waals surface area contributed by atoms with Gasteiger partial charge >= 0.3 is 6.18 Å². The maximum absolute atomic E-state index is 12.6. The van der Waals surface area contributed by atoms with E-state index < -0.39 is 11.7 Å². The summed E-state index contributed by atoms with van der Waals surface area (Å²) in [6.45, 7) is 5.92. The topological polar surface area (TPSA) is 36.3 Å². The summed E-state index contributed by atoms with van der Waals surface area (Å²) < 4.78 is 43.1. The van der Waals surface area contributed by atoms with Crippen LogP contribution in [0.2, 0.25) is 0 Å². The first-order chi connectivity index (χ1) is 9.43. The molecule has 0 spiro atoms. The van der Waals surface area contributed by atoms with Crippen LogP contribution in [-0.4, -0.2) is 26.3 Å². The monoisotopic (exact) mass is 286 g/mol. The number of benzene rings is 1. The molecule has 0 saturated heterocycles. The van der Waals surface area contributed by atoms with Gasteiger partial charge in [-0.2, -0.15) is 18.4 Å². The van der Waals surface area contributed by atoms with Crippen molar-refractivity contribution < 1.29 is 17.9 Å². The molecule has 1 aromatic rings. The Morgan fingerprint density at radius 3 is 2.50 bits per heavy atom. The Morgan fingerprint density at radius 1 is 1.30 bits per heavy atom. The van der Waals surface area contributed by atoms with E-state index in [4.69, 9.17) is 10.00 Å². The predicted octanol–water partition coefficient (Wildman–Crippen LogP) is 3.44. The van der Waals surface area contributed by atoms with E-state index in [9.17, 15) is 13.2 Å². The molecule has 0 aliphatic heterocycles. The number of hydrogen-bond acceptors (Lipinski definition) is 3. The Labute approximate surface area is 116 Å². The van der Waals surface area contributed by atoms with Gasteiger partial charge in [-0.3, -0.25) is 0 Å². The number of nitriles is 1. The van der Waals surface area contributed by atoms with E-state index in [2.05, 4.69) is 0 Å². The van der Waals surface area contributed by atoms with Crippen molar-refractivity contribution in [1.82, 2.24) is 0 Å². The molecule has 1 aromatic carbocycles. The van der Waals surface area contributed by atoms with Gasteiger partial charge in [0.1, 0.15) is 6.07 Å². The van der Waals surface area contributed by atoms with Crippen LogP contribution in [0.25, 0.3) is 0 Å². The minimum absolute atomic E-state index is 0.0261. The first-order valence-electron chi connectivity index (χ1n) is 6.38. The summed E-state index contributed by atoms with van der Waals surface area (Å²) in [5, 5.41) is 9.05. The number of nitrogens with zero attached hydrogens (tertiary/aromatic N) is 2.